The van der Waals surface area contributed by atoms with Gasteiger partial charge in [0.2, 0.25) is 11.8 Å². The van der Waals surface area contributed by atoms with Crippen LogP contribution in [0.4, 0.5) is 0 Å². The summed E-state index contributed by atoms with van der Waals surface area (Å²) >= 11 is 5.96. The van der Waals surface area contributed by atoms with Crippen LogP contribution in [0.3, 0.4) is 0 Å². The number of halogens is 1. The van der Waals surface area contributed by atoms with E-state index in [0.29, 0.717) is 26.1 Å². The number of carbonyl (C=O) groups is 2. The second-order valence-electron chi connectivity index (χ2n) is 6.59. The van der Waals surface area contributed by atoms with Crippen LogP contribution in [0.2, 0.25) is 0 Å². The summed E-state index contributed by atoms with van der Waals surface area (Å²) in [5, 5.41) is -0.641. The molecule has 2 rings (SSSR count). The highest BCUT2D eigenvalue weighted by Crippen LogP contribution is 2.28. The number of alkyl halides is 1. The minimum absolute atomic E-state index is 0.0215. The van der Waals surface area contributed by atoms with Gasteiger partial charge in [-0.15, -0.1) is 11.6 Å². The van der Waals surface area contributed by atoms with Crippen molar-refractivity contribution in [3.8, 4) is 0 Å². The number of ether oxygens (including phenoxy) is 1. The number of methoxy groups -OCH3 is 1. The molecule has 0 radical (unpaired) electrons. The lowest BCUT2D eigenvalue weighted by Gasteiger charge is -2.28. The van der Waals surface area contributed by atoms with Crippen molar-refractivity contribution < 1.29 is 14.3 Å². The molecule has 6 nitrogen and oxygen atoms in total. The number of hydrogen-bond donors (Lipinski definition) is 0. The van der Waals surface area contributed by atoms with Gasteiger partial charge in [-0.25, -0.2) is 0 Å². The number of carbonyl (C=O) groups excluding carboxylic acids is 2. The highest BCUT2D eigenvalue weighted by atomic mass is 35.5. The lowest BCUT2D eigenvalue weighted by molar-refractivity contribution is -0.141. The first-order chi connectivity index (χ1) is 11.9. The SMILES string of the molecule is COCCCN(CC(=O)N(Cc1cccn1C)C1CC1)C(=O)[C@H](C)Cl. The Bertz CT molecular complexity index is 584. The number of aromatic nitrogens is 1. The monoisotopic (exact) mass is 369 g/mol. The number of rotatable bonds is 10. The van der Waals surface area contributed by atoms with Gasteiger partial charge < -0.3 is 19.1 Å². The summed E-state index contributed by atoms with van der Waals surface area (Å²) < 4.78 is 7.07. The van der Waals surface area contributed by atoms with E-state index >= 15 is 0 Å². The standard InChI is InChI=1S/C18H28ClN3O3/c1-14(19)18(24)21(10-5-11-25-3)13-17(23)22(15-7-8-15)12-16-6-4-9-20(16)2/h4,6,9,14-15H,5,7-8,10-13H2,1-3H3/t14-/m0/s1. The molecule has 1 saturated carbocycles. The highest BCUT2D eigenvalue weighted by molar-refractivity contribution is 6.30. The fourth-order valence-corrected chi connectivity index (χ4v) is 2.95. The van der Waals surface area contributed by atoms with Gasteiger partial charge in [0.05, 0.1) is 13.1 Å². The maximum atomic E-state index is 12.9. The van der Waals surface area contributed by atoms with Gasteiger partial charge in [0.15, 0.2) is 0 Å². The molecule has 0 N–H and O–H groups in total. The van der Waals surface area contributed by atoms with E-state index in [1.165, 1.54) is 0 Å². The van der Waals surface area contributed by atoms with Gasteiger partial charge in [-0.05, 0) is 38.3 Å². The molecule has 140 valence electrons. The molecule has 0 aliphatic heterocycles. The summed E-state index contributed by atoms with van der Waals surface area (Å²) in [5.41, 5.74) is 1.09. The topological polar surface area (TPSA) is 54.8 Å². The molecular formula is C18H28ClN3O3. The van der Waals surface area contributed by atoms with Gasteiger partial charge in [0.1, 0.15) is 5.38 Å². The summed E-state index contributed by atoms with van der Waals surface area (Å²) in [5.74, 6) is -0.229. The van der Waals surface area contributed by atoms with E-state index in [2.05, 4.69) is 0 Å². The quantitative estimate of drug-likeness (QED) is 0.468. The third kappa shape index (κ3) is 5.75. The van der Waals surface area contributed by atoms with Crippen LogP contribution in [-0.4, -0.2) is 64.4 Å². The van der Waals surface area contributed by atoms with Gasteiger partial charge in [-0.1, -0.05) is 0 Å². The van der Waals surface area contributed by atoms with E-state index in [4.69, 9.17) is 16.3 Å². The van der Waals surface area contributed by atoms with Gasteiger partial charge in [0.25, 0.3) is 0 Å². The van der Waals surface area contributed by atoms with Gasteiger partial charge in [-0.2, -0.15) is 0 Å². The minimum Gasteiger partial charge on any atom is -0.385 e. The third-order valence-corrected chi connectivity index (χ3v) is 4.63. The molecular weight excluding hydrogens is 342 g/mol. The van der Waals surface area contributed by atoms with E-state index in [1.807, 2.05) is 34.8 Å². The Morgan fingerprint density at radius 1 is 1.44 bits per heavy atom. The molecule has 0 bridgehead atoms. The van der Waals surface area contributed by atoms with Crippen LogP contribution in [0.5, 0.6) is 0 Å². The highest BCUT2D eigenvalue weighted by Gasteiger charge is 2.34. The molecule has 0 spiro atoms. The Balaban J connectivity index is 2.02. The molecule has 25 heavy (non-hydrogen) atoms. The fourth-order valence-electron chi connectivity index (χ4n) is 2.81. The third-order valence-electron chi connectivity index (χ3n) is 4.45. The summed E-state index contributed by atoms with van der Waals surface area (Å²) in [6, 6.07) is 4.28. The predicted molar refractivity (Wildman–Crippen MR) is 97.4 cm³/mol. The molecule has 1 aliphatic carbocycles. The Morgan fingerprint density at radius 3 is 2.68 bits per heavy atom. The number of aryl methyl sites for hydroxylation is 1. The Morgan fingerprint density at radius 2 is 2.16 bits per heavy atom. The number of amides is 2. The zero-order chi connectivity index (χ0) is 18.4. The molecule has 1 aromatic heterocycles. The van der Waals surface area contributed by atoms with Crippen molar-refractivity contribution in [1.82, 2.24) is 14.4 Å². The zero-order valence-electron chi connectivity index (χ0n) is 15.3. The van der Waals surface area contributed by atoms with Crippen LogP contribution in [-0.2, 0) is 27.9 Å². The second-order valence-corrected chi connectivity index (χ2v) is 7.24. The normalized spacial score (nSPS) is 15.0. The van der Waals surface area contributed by atoms with Crippen molar-refractivity contribution in [3.05, 3.63) is 24.0 Å². The molecule has 0 unspecified atom stereocenters. The van der Waals surface area contributed by atoms with E-state index < -0.39 is 5.38 Å². The largest absolute Gasteiger partial charge is 0.385 e. The summed E-state index contributed by atoms with van der Waals surface area (Å²) in [6.07, 6.45) is 4.71. The smallest absolute Gasteiger partial charge is 0.242 e. The Hall–Kier alpha value is -1.53. The van der Waals surface area contributed by atoms with Gasteiger partial charge in [0, 0.05) is 45.2 Å². The lowest BCUT2D eigenvalue weighted by atomic mass is 10.3. The van der Waals surface area contributed by atoms with Crippen LogP contribution in [0, 0.1) is 0 Å². The van der Waals surface area contributed by atoms with Crippen LogP contribution < -0.4 is 0 Å². The molecule has 0 aromatic carbocycles. The Kier molecular flexibility index (Phi) is 7.32. The number of nitrogens with zero attached hydrogens (tertiary/aromatic N) is 3. The summed E-state index contributed by atoms with van der Waals surface area (Å²) in [4.78, 5) is 28.7. The van der Waals surface area contributed by atoms with Crippen LogP contribution in [0.15, 0.2) is 18.3 Å². The fraction of sp³-hybridized carbons (Fsp3) is 0.667. The van der Waals surface area contributed by atoms with Crippen molar-refractivity contribution in [2.75, 3.05) is 26.8 Å². The van der Waals surface area contributed by atoms with E-state index in [9.17, 15) is 9.59 Å². The second kappa shape index (κ2) is 9.25. The molecule has 7 heteroatoms. The van der Waals surface area contributed by atoms with Crippen LogP contribution in [0.1, 0.15) is 31.9 Å². The maximum absolute atomic E-state index is 12.9. The molecule has 1 heterocycles. The van der Waals surface area contributed by atoms with E-state index in [1.54, 1.807) is 18.9 Å². The average Bonchev–Trinajstić information content (AvgIpc) is 3.33. The molecule has 0 saturated heterocycles. The average molecular weight is 370 g/mol. The van der Waals surface area contributed by atoms with Crippen LogP contribution >= 0.6 is 11.6 Å². The summed E-state index contributed by atoms with van der Waals surface area (Å²) in [7, 11) is 3.59. The maximum Gasteiger partial charge on any atom is 0.242 e. The zero-order valence-corrected chi connectivity index (χ0v) is 16.0. The first kappa shape index (κ1) is 19.8. The number of hydrogen-bond acceptors (Lipinski definition) is 3. The van der Waals surface area contributed by atoms with Gasteiger partial charge >= 0.3 is 0 Å². The molecule has 2 amide bonds. The first-order valence-corrected chi connectivity index (χ1v) is 9.19. The van der Waals surface area contributed by atoms with Crippen molar-refractivity contribution in [2.24, 2.45) is 7.05 Å². The van der Waals surface area contributed by atoms with E-state index in [-0.39, 0.29) is 24.4 Å². The van der Waals surface area contributed by atoms with Crippen molar-refractivity contribution in [3.63, 3.8) is 0 Å². The lowest BCUT2D eigenvalue weighted by Crippen LogP contribution is -2.46. The molecule has 1 atom stereocenters. The predicted octanol–water partition coefficient (Wildman–Crippen LogP) is 2.01. The molecule has 1 aromatic rings. The van der Waals surface area contributed by atoms with Crippen molar-refractivity contribution in [1.29, 1.82) is 0 Å². The van der Waals surface area contributed by atoms with Crippen LogP contribution in [0.25, 0.3) is 0 Å². The van der Waals surface area contributed by atoms with Crippen molar-refractivity contribution >= 4 is 23.4 Å². The van der Waals surface area contributed by atoms with Gasteiger partial charge in [-0.3, -0.25) is 9.59 Å². The van der Waals surface area contributed by atoms with E-state index in [0.717, 1.165) is 18.5 Å². The first-order valence-electron chi connectivity index (χ1n) is 8.75. The van der Waals surface area contributed by atoms with Crippen molar-refractivity contribution in [2.45, 2.75) is 44.1 Å². The minimum atomic E-state index is -0.641. The molecule has 1 aliphatic rings. The Labute approximate surface area is 154 Å². The molecule has 1 fully saturated rings. The summed E-state index contributed by atoms with van der Waals surface area (Å²) in [6.45, 7) is 3.30.